The SMILES string of the molecule is Cc1ccc(C)c(CC(=O)c2ccc3[nH]c(=O)[nH]c3c2)c1. The molecule has 1 aromatic heterocycles. The lowest BCUT2D eigenvalue weighted by Gasteiger charge is -2.07. The number of hydrogen-bond acceptors (Lipinski definition) is 2. The number of fused-ring (bicyclic) bond motifs is 1. The van der Waals surface area contributed by atoms with E-state index in [0.29, 0.717) is 23.0 Å². The molecule has 2 N–H and O–H groups in total. The molecule has 0 unspecified atom stereocenters. The standard InChI is InChI=1S/C17H16N2O2/c1-10-3-4-11(2)13(7-10)9-16(20)12-5-6-14-15(8-12)19-17(21)18-14/h3-8H,9H2,1-2H3,(H2,18,19,21). The third-order valence-corrected chi connectivity index (χ3v) is 3.69. The van der Waals surface area contributed by atoms with Crippen LogP contribution in [-0.2, 0) is 6.42 Å². The molecular formula is C17H16N2O2. The molecule has 0 amide bonds. The molecule has 0 radical (unpaired) electrons. The van der Waals surface area contributed by atoms with Crippen LogP contribution in [0.1, 0.15) is 27.0 Å². The van der Waals surface area contributed by atoms with Gasteiger partial charge < -0.3 is 9.97 Å². The molecular weight excluding hydrogens is 264 g/mol. The smallest absolute Gasteiger partial charge is 0.306 e. The number of aromatic amines is 2. The summed E-state index contributed by atoms with van der Waals surface area (Å²) < 4.78 is 0. The minimum Gasteiger partial charge on any atom is -0.306 e. The van der Waals surface area contributed by atoms with Crippen LogP contribution in [0.5, 0.6) is 0 Å². The van der Waals surface area contributed by atoms with Crippen LogP contribution in [0.3, 0.4) is 0 Å². The van der Waals surface area contributed by atoms with Crippen molar-refractivity contribution in [1.29, 1.82) is 0 Å². The Hall–Kier alpha value is -2.62. The number of carbonyl (C=O) groups excluding carboxylic acids is 1. The van der Waals surface area contributed by atoms with Crippen molar-refractivity contribution in [3.63, 3.8) is 0 Å². The maximum Gasteiger partial charge on any atom is 0.323 e. The molecule has 21 heavy (non-hydrogen) atoms. The average Bonchev–Trinajstić information content (AvgIpc) is 2.81. The van der Waals surface area contributed by atoms with E-state index in [9.17, 15) is 9.59 Å². The summed E-state index contributed by atoms with van der Waals surface area (Å²) in [4.78, 5) is 29.0. The van der Waals surface area contributed by atoms with Gasteiger partial charge in [0.05, 0.1) is 11.0 Å². The van der Waals surface area contributed by atoms with Crippen LogP contribution in [-0.4, -0.2) is 15.8 Å². The van der Waals surface area contributed by atoms with Crippen LogP contribution in [0, 0.1) is 13.8 Å². The second-order valence-corrected chi connectivity index (χ2v) is 5.37. The third kappa shape index (κ3) is 2.65. The number of H-pyrrole nitrogens is 2. The second-order valence-electron chi connectivity index (χ2n) is 5.37. The molecule has 0 aliphatic heterocycles. The van der Waals surface area contributed by atoms with Gasteiger partial charge in [-0.3, -0.25) is 4.79 Å². The highest BCUT2D eigenvalue weighted by Crippen LogP contribution is 2.16. The summed E-state index contributed by atoms with van der Waals surface area (Å²) in [5, 5.41) is 0. The van der Waals surface area contributed by atoms with Gasteiger partial charge in [0.2, 0.25) is 0 Å². The molecule has 0 saturated heterocycles. The summed E-state index contributed by atoms with van der Waals surface area (Å²) in [5.41, 5.74) is 5.03. The molecule has 0 atom stereocenters. The first kappa shape index (κ1) is 13.4. The van der Waals surface area contributed by atoms with E-state index in [1.165, 1.54) is 0 Å². The van der Waals surface area contributed by atoms with E-state index in [0.717, 1.165) is 16.7 Å². The Morgan fingerprint density at radius 2 is 1.76 bits per heavy atom. The summed E-state index contributed by atoms with van der Waals surface area (Å²) >= 11 is 0. The van der Waals surface area contributed by atoms with E-state index < -0.39 is 0 Å². The number of carbonyl (C=O) groups is 1. The number of benzene rings is 2. The van der Waals surface area contributed by atoms with Gasteiger partial charge in [-0.1, -0.05) is 23.8 Å². The quantitative estimate of drug-likeness (QED) is 0.724. The zero-order valence-electron chi connectivity index (χ0n) is 12.0. The number of imidazole rings is 1. The van der Waals surface area contributed by atoms with Gasteiger partial charge in [-0.15, -0.1) is 0 Å². The number of aromatic nitrogens is 2. The van der Waals surface area contributed by atoms with E-state index in [1.807, 2.05) is 32.0 Å². The highest BCUT2D eigenvalue weighted by Gasteiger charge is 2.10. The van der Waals surface area contributed by atoms with Gasteiger partial charge in [-0.2, -0.15) is 0 Å². The predicted molar refractivity (Wildman–Crippen MR) is 82.9 cm³/mol. The van der Waals surface area contributed by atoms with E-state index in [1.54, 1.807) is 18.2 Å². The lowest BCUT2D eigenvalue weighted by atomic mass is 9.97. The Labute approximate surface area is 121 Å². The molecule has 4 nitrogen and oxygen atoms in total. The fourth-order valence-corrected chi connectivity index (χ4v) is 2.47. The van der Waals surface area contributed by atoms with Crippen LogP contribution in [0.25, 0.3) is 11.0 Å². The van der Waals surface area contributed by atoms with Gasteiger partial charge in [-0.25, -0.2) is 4.79 Å². The molecule has 2 aromatic carbocycles. The zero-order chi connectivity index (χ0) is 15.0. The maximum absolute atomic E-state index is 12.4. The number of rotatable bonds is 3. The molecule has 0 aliphatic rings. The van der Waals surface area contributed by atoms with E-state index in [4.69, 9.17) is 0 Å². The molecule has 0 bridgehead atoms. The van der Waals surface area contributed by atoms with E-state index in [2.05, 4.69) is 9.97 Å². The number of Topliss-reactive ketones (excluding diaryl/α,β-unsaturated/α-hetero) is 1. The Kier molecular flexibility index (Phi) is 3.22. The third-order valence-electron chi connectivity index (χ3n) is 3.69. The highest BCUT2D eigenvalue weighted by atomic mass is 16.1. The summed E-state index contributed by atoms with van der Waals surface area (Å²) in [6.45, 7) is 4.03. The van der Waals surface area contributed by atoms with Crippen molar-refractivity contribution >= 4 is 16.8 Å². The fraction of sp³-hybridized carbons (Fsp3) is 0.176. The van der Waals surface area contributed by atoms with E-state index in [-0.39, 0.29) is 11.5 Å². The lowest BCUT2D eigenvalue weighted by Crippen LogP contribution is -2.05. The largest absolute Gasteiger partial charge is 0.323 e. The topological polar surface area (TPSA) is 65.7 Å². The molecule has 106 valence electrons. The number of hydrogen-bond donors (Lipinski definition) is 2. The number of nitrogens with one attached hydrogen (secondary N) is 2. The van der Waals surface area contributed by atoms with Crippen LogP contribution < -0.4 is 5.69 Å². The molecule has 0 spiro atoms. The first-order valence-electron chi connectivity index (χ1n) is 6.84. The molecule has 3 aromatic rings. The molecule has 3 rings (SSSR count). The Morgan fingerprint density at radius 3 is 2.57 bits per heavy atom. The number of ketones is 1. The van der Waals surface area contributed by atoms with Crippen molar-refractivity contribution in [2.45, 2.75) is 20.3 Å². The fourth-order valence-electron chi connectivity index (χ4n) is 2.47. The van der Waals surface area contributed by atoms with Gasteiger partial charge in [0.1, 0.15) is 0 Å². The van der Waals surface area contributed by atoms with Crippen molar-refractivity contribution in [3.8, 4) is 0 Å². The van der Waals surface area contributed by atoms with Crippen molar-refractivity contribution < 1.29 is 4.79 Å². The maximum atomic E-state index is 12.4. The van der Waals surface area contributed by atoms with Crippen LogP contribution in [0.4, 0.5) is 0 Å². The minimum absolute atomic E-state index is 0.0487. The van der Waals surface area contributed by atoms with Gasteiger partial charge in [0.25, 0.3) is 0 Å². The Morgan fingerprint density at radius 1 is 1.00 bits per heavy atom. The summed E-state index contributed by atoms with van der Waals surface area (Å²) in [5.74, 6) is 0.0487. The van der Waals surface area contributed by atoms with Crippen LogP contribution in [0.2, 0.25) is 0 Å². The van der Waals surface area contributed by atoms with Crippen LogP contribution >= 0.6 is 0 Å². The predicted octanol–water partition coefficient (Wildman–Crippen LogP) is 2.90. The van der Waals surface area contributed by atoms with E-state index >= 15 is 0 Å². The monoisotopic (exact) mass is 280 g/mol. The van der Waals surface area contributed by atoms with Gasteiger partial charge >= 0.3 is 5.69 Å². The van der Waals surface area contributed by atoms with Gasteiger partial charge in [0.15, 0.2) is 5.78 Å². The lowest BCUT2D eigenvalue weighted by molar-refractivity contribution is 0.0993. The molecule has 1 heterocycles. The summed E-state index contributed by atoms with van der Waals surface area (Å²) in [6.07, 6.45) is 0.369. The van der Waals surface area contributed by atoms with Gasteiger partial charge in [-0.05, 0) is 43.2 Å². The second kappa shape index (κ2) is 5.05. The summed E-state index contributed by atoms with van der Waals surface area (Å²) in [7, 11) is 0. The molecule has 0 aliphatic carbocycles. The molecule has 0 fully saturated rings. The zero-order valence-corrected chi connectivity index (χ0v) is 12.0. The minimum atomic E-state index is -0.260. The normalized spacial score (nSPS) is 11.0. The Balaban J connectivity index is 1.92. The summed E-state index contributed by atoms with van der Waals surface area (Å²) in [6, 6.07) is 11.3. The van der Waals surface area contributed by atoms with Crippen molar-refractivity contribution in [1.82, 2.24) is 9.97 Å². The van der Waals surface area contributed by atoms with Crippen LogP contribution in [0.15, 0.2) is 41.2 Å². The van der Waals surface area contributed by atoms with Crippen molar-refractivity contribution in [3.05, 3.63) is 69.1 Å². The Bertz CT molecular complexity index is 887. The van der Waals surface area contributed by atoms with Gasteiger partial charge in [0, 0.05) is 12.0 Å². The average molecular weight is 280 g/mol. The number of aryl methyl sites for hydroxylation is 2. The first-order valence-corrected chi connectivity index (χ1v) is 6.84. The van der Waals surface area contributed by atoms with Crippen molar-refractivity contribution in [2.24, 2.45) is 0 Å². The first-order chi connectivity index (χ1) is 10.0. The molecule has 4 heteroatoms. The van der Waals surface area contributed by atoms with Crippen molar-refractivity contribution in [2.75, 3.05) is 0 Å². The molecule has 0 saturated carbocycles. The highest BCUT2D eigenvalue weighted by molar-refractivity contribution is 6.00.